The molecule has 0 saturated heterocycles. The van der Waals surface area contributed by atoms with Crippen molar-refractivity contribution < 1.29 is 19.4 Å². The highest BCUT2D eigenvalue weighted by Gasteiger charge is 2.43. The minimum Gasteiger partial charge on any atom is -0.481 e. The zero-order valence-corrected chi connectivity index (χ0v) is 15.6. The number of aliphatic carboxylic acids is 1. The van der Waals surface area contributed by atoms with Crippen molar-refractivity contribution in [1.29, 1.82) is 0 Å². The smallest absolute Gasteiger partial charge is 0.335 e. The summed E-state index contributed by atoms with van der Waals surface area (Å²) in [6.07, 6.45) is 6.60. The summed E-state index contributed by atoms with van der Waals surface area (Å²) >= 11 is 0. The largest absolute Gasteiger partial charge is 0.481 e. The number of esters is 1. The van der Waals surface area contributed by atoms with E-state index in [1.165, 1.54) is 12.2 Å². The van der Waals surface area contributed by atoms with Crippen molar-refractivity contribution in [1.82, 2.24) is 0 Å². The summed E-state index contributed by atoms with van der Waals surface area (Å²) in [5, 5.41) is 9.77. The molecule has 0 amide bonds. The molecule has 4 nitrogen and oxygen atoms in total. The topological polar surface area (TPSA) is 63.6 Å². The molecule has 0 saturated carbocycles. The highest BCUT2D eigenvalue weighted by atomic mass is 28.3. The van der Waals surface area contributed by atoms with Crippen LogP contribution in [0, 0.1) is 5.41 Å². The van der Waals surface area contributed by atoms with Gasteiger partial charge in [-0.05, 0) is 19.8 Å². The minimum absolute atomic E-state index is 0.125. The molecule has 5 heteroatoms. The lowest BCUT2D eigenvalue weighted by Crippen LogP contribution is -2.36. The molecule has 0 heterocycles. The van der Waals surface area contributed by atoms with Crippen LogP contribution in [0.4, 0.5) is 0 Å². The van der Waals surface area contributed by atoms with Gasteiger partial charge in [0.05, 0.1) is 20.3 Å². The van der Waals surface area contributed by atoms with Crippen LogP contribution in [0.15, 0.2) is 48.7 Å². The minimum atomic E-state index is -1.47. The molecule has 0 radical (unpaired) electrons. The fourth-order valence-corrected chi connectivity index (χ4v) is 2.82. The van der Waals surface area contributed by atoms with Crippen LogP contribution in [-0.4, -0.2) is 31.7 Å². The summed E-state index contributed by atoms with van der Waals surface area (Å²) in [4.78, 5) is 24.3. The van der Waals surface area contributed by atoms with Crippen LogP contribution in [0.5, 0.6) is 0 Å². The Morgan fingerprint density at radius 3 is 2.04 bits per heavy atom. The zero-order valence-electron chi connectivity index (χ0n) is 14.6. The average Bonchev–Trinajstić information content (AvgIpc) is 2.42. The molecule has 23 heavy (non-hydrogen) atoms. The van der Waals surface area contributed by atoms with Crippen molar-refractivity contribution in [3.63, 3.8) is 0 Å². The van der Waals surface area contributed by atoms with E-state index in [0.29, 0.717) is 0 Å². The monoisotopic (exact) mass is 336 g/mol. The molecule has 0 rings (SSSR count). The van der Waals surface area contributed by atoms with Gasteiger partial charge < -0.3 is 9.84 Å². The maximum absolute atomic E-state index is 12.4. The molecule has 1 N–H and O–H groups in total. The lowest BCUT2D eigenvalue weighted by molar-refractivity contribution is -0.151. The molecule has 128 valence electrons. The highest BCUT2D eigenvalue weighted by Crippen LogP contribution is 2.37. The van der Waals surface area contributed by atoms with Crippen molar-refractivity contribution in [2.24, 2.45) is 5.41 Å². The standard InChI is InChI=1S/C18H28O4Si/c1-7-12-18(13-8-2,17(20)21)15(16(19)22-9-3)11-10-14-23(4,5)6/h7-8,10-11,14H,1-2,9,12-13H2,3-6H3,(H,20,21)/b14-10+,15-11-. The third kappa shape index (κ3) is 6.40. The van der Waals surface area contributed by atoms with E-state index in [0.717, 1.165) is 0 Å². The number of rotatable bonds is 10. The lowest BCUT2D eigenvalue weighted by atomic mass is 9.74. The molecule has 0 aromatic rings. The fourth-order valence-electron chi connectivity index (χ4n) is 2.15. The van der Waals surface area contributed by atoms with E-state index in [1.54, 1.807) is 19.1 Å². The summed E-state index contributed by atoms with van der Waals surface area (Å²) < 4.78 is 5.07. The second kappa shape index (κ2) is 9.30. The number of hydrogen-bond donors (Lipinski definition) is 1. The third-order valence-corrected chi connectivity index (χ3v) is 4.46. The predicted molar refractivity (Wildman–Crippen MR) is 96.9 cm³/mol. The zero-order chi connectivity index (χ0) is 18.1. The number of ether oxygens (including phenoxy) is 1. The predicted octanol–water partition coefficient (Wildman–Crippen LogP) is 4.13. The van der Waals surface area contributed by atoms with Crippen LogP contribution in [0.2, 0.25) is 19.6 Å². The Morgan fingerprint density at radius 1 is 1.17 bits per heavy atom. The molecule has 0 spiro atoms. The van der Waals surface area contributed by atoms with Gasteiger partial charge in [-0.2, -0.15) is 0 Å². The van der Waals surface area contributed by atoms with Crippen LogP contribution in [0.3, 0.4) is 0 Å². The summed E-state index contributed by atoms with van der Waals surface area (Å²) in [5.74, 6) is -1.70. The quantitative estimate of drug-likeness (QED) is 0.214. The Morgan fingerprint density at radius 2 is 1.70 bits per heavy atom. The van der Waals surface area contributed by atoms with Crippen LogP contribution in [-0.2, 0) is 14.3 Å². The van der Waals surface area contributed by atoms with Gasteiger partial charge in [0.1, 0.15) is 5.41 Å². The van der Waals surface area contributed by atoms with Gasteiger partial charge >= 0.3 is 11.9 Å². The van der Waals surface area contributed by atoms with Gasteiger partial charge in [0, 0.05) is 0 Å². The normalized spacial score (nSPS) is 13.0. The number of carboxylic acid groups (broad SMARTS) is 1. The van der Waals surface area contributed by atoms with E-state index >= 15 is 0 Å². The lowest BCUT2D eigenvalue weighted by Gasteiger charge is -2.28. The van der Waals surface area contributed by atoms with Gasteiger partial charge in [0.2, 0.25) is 0 Å². The number of hydrogen-bond acceptors (Lipinski definition) is 3. The van der Waals surface area contributed by atoms with Gasteiger partial charge in [0.15, 0.2) is 0 Å². The van der Waals surface area contributed by atoms with Gasteiger partial charge in [-0.3, -0.25) is 4.79 Å². The number of carbonyl (C=O) groups excluding carboxylic acids is 1. The second-order valence-corrected chi connectivity index (χ2v) is 11.5. The summed E-state index contributed by atoms with van der Waals surface area (Å²) in [6, 6.07) is 0. The van der Waals surface area contributed by atoms with Crippen molar-refractivity contribution in [2.45, 2.75) is 39.4 Å². The molecular weight excluding hydrogens is 308 g/mol. The molecular formula is C18H28O4Si. The molecule has 0 aliphatic rings. The Labute approximate surface area is 140 Å². The van der Waals surface area contributed by atoms with E-state index in [1.807, 2.05) is 5.70 Å². The van der Waals surface area contributed by atoms with Crippen LogP contribution >= 0.6 is 0 Å². The summed E-state index contributed by atoms with van der Waals surface area (Å²) in [7, 11) is -1.47. The van der Waals surface area contributed by atoms with E-state index in [4.69, 9.17) is 4.74 Å². The number of allylic oxidation sites excluding steroid dienone is 4. The fraction of sp³-hybridized carbons (Fsp3) is 0.444. The Hall–Kier alpha value is -1.88. The second-order valence-electron chi connectivity index (χ2n) is 6.40. The van der Waals surface area contributed by atoms with Crippen molar-refractivity contribution in [2.75, 3.05) is 6.61 Å². The first-order chi connectivity index (χ1) is 10.6. The molecule has 0 aliphatic carbocycles. The van der Waals surface area contributed by atoms with Crippen molar-refractivity contribution >= 4 is 20.0 Å². The Bertz CT molecular complexity index is 500. The Balaban J connectivity index is 6.12. The van der Waals surface area contributed by atoms with E-state index in [2.05, 4.69) is 32.8 Å². The Kier molecular flexibility index (Phi) is 8.54. The molecule has 0 bridgehead atoms. The van der Waals surface area contributed by atoms with E-state index < -0.39 is 25.4 Å². The summed E-state index contributed by atoms with van der Waals surface area (Å²) in [5.41, 5.74) is 0.765. The maximum Gasteiger partial charge on any atom is 0.335 e. The summed E-state index contributed by atoms with van der Waals surface area (Å²) in [6.45, 7) is 15.6. The van der Waals surface area contributed by atoms with Gasteiger partial charge in [-0.25, -0.2) is 4.79 Å². The molecule has 0 aromatic carbocycles. The first-order valence-corrected chi connectivity index (χ1v) is 11.2. The third-order valence-electron chi connectivity index (χ3n) is 3.27. The molecule has 0 fully saturated rings. The highest BCUT2D eigenvalue weighted by molar-refractivity contribution is 6.81. The maximum atomic E-state index is 12.4. The van der Waals surface area contributed by atoms with Gasteiger partial charge in [0.25, 0.3) is 0 Å². The van der Waals surface area contributed by atoms with E-state index in [-0.39, 0.29) is 25.0 Å². The first kappa shape index (κ1) is 21.1. The van der Waals surface area contributed by atoms with E-state index in [9.17, 15) is 14.7 Å². The van der Waals surface area contributed by atoms with Crippen LogP contribution < -0.4 is 0 Å². The SMILES string of the molecule is C=CCC(CC=C)(C(=O)O)/C(=C\C=C\[Si](C)(C)C)C(=O)OCC. The molecule has 0 aromatic heterocycles. The van der Waals surface area contributed by atoms with Crippen LogP contribution in [0.25, 0.3) is 0 Å². The van der Waals surface area contributed by atoms with Gasteiger partial charge in [-0.1, -0.05) is 49.6 Å². The average molecular weight is 337 g/mol. The molecule has 0 unspecified atom stereocenters. The number of carbonyl (C=O) groups is 2. The molecule has 0 atom stereocenters. The van der Waals surface area contributed by atoms with Crippen LogP contribution in [0.1, 0.15) is 19.8 Å². The molecule has 0 aliphatic heterocycles. The van der Waals surface area contributed by atoms with Gasteiger partial charge in [-0.15, -0.1) is 13.2 Å². The van der Waals surface area contributed by atoms with Crippen molar-refractivity contribution in [3.8, 4) is 0 Å². The number of carboxylic acids is 1. The van der Waals surface area contributed by atoms with Crippen molar-refractivity contribution in [3.05, 3.63) is 48.7 Å². The first-order valence-electron chi connectivity index (χ1n) is 7.67.